The summed E-state index contributed by atoms with van der Waals surface area (Å²) in [7, 11) is 0. The van der Waals surface area contributed by atoms with Crippen LogP contribution in [0.25, 0.3) is 0 Å². The summed E-state index contributed by atoms with van der Waals surface area (Å²) < 4.78 is 0. The molecule has 2 N–H and O–H groups in total. The molecule has 0 bridgehead atoms. The van der Waals surface area contributed by atoms with Crippen molar-refractivity contribution in [1.29, 1.82) is 0 Å². The van der Waals surface area contributed by atoms with E-state index in [0.717, 1.165) is 5.57 Å². The van der Waals surface area contributed by atoms with Crippen LogP contribution >= 0.6 is 0 Å². The number of rotatable bonds is 2. The maximum absolute atomic E-state index is 5.55. The van der Waals surface area contributed by atoms with Crippen molar-refractivity contribution >= 4 is 0 Å². The molecular weight excluding hydrogens is 134 g/mol. The predicted molar refractivity (Wildman–Crippen MR) is 51.1 cm³/mol. The summed E-state index contributed by atoms with van der Waals surface area (Å²) in [6.45, 7) is 11.8. The van der Waals surface area contributed by atoms with E-state index >= 15 is 0 Å². The topological polar surface area (TPSA) is 26.0 Å². The summed E-state index contributed by atoms with van der Waals surface area (Å²) in [4.78, 5) is 0. The van der Waals surface area contributed by atoms with E-state index in [1.54, 1.807) is 0 Å². The molecule has 0 aliphatic carbocycles. The molecule has 62 valence electrons. The minimum absolute atomic E-state index is 0.656. The van der Waals surface area contributed by atoms with Gasteiger partial charge in [-0.1, -0.05) is 18.2 Å². The van der Waals surface area contributed by atoms with Crippen LogP contribution in [-0.2, 0) is 0 Å². The van der Waals surface area contributed by atoms with E-state index < -0.39 is 0 Å². The normalized spacial score (nSPS) is 14.4. The van der Waals surface area contributed by atoms with Gasteiger partial charge in [0.2, 0.25) is 0 Å². The van der Waals surface area contributed by atoms with Gasteiger partial charge in [-0.25, -0.2) is 0 Å². The van der Waals surface area contributed by atoms with Gasteiger partial charge in [0.1, 0.15) is 0 Å². The maximum atomic E-state index is 5.55. The number of allylic oxidation sites excluding steroid dienone is 4. The smallest absolute Gasteiger partial charge is 0.0273 e. The van der Waals surface area contributed by atoms with Crippen molar-refractivity contribution in [2.75, 3.05) is 0 Å². The van der Waals surface area contributed by atoms with Crippen LogP contribution in [-0.4, -0.2) is 0 Å². The van der Waals surface area contributed by atoms with E-state index in [0.29, 0.717) is 5.70 Å². The van der Waals surface area contributed by atoms with Gasteiger partial charge in [0.05, 0.1) is 0 Å². The molecule has 0 aliphatic heterocycles. The average molecular weight is 151 g/mol. The van der Waals surface area contributed by atoms with Gasteiger partial charge in [0, 0.05) is 5.70 Å². The van der Waals surface area contributed by atoms with Crippen molar-refractivity contribution in [3.63, 3.8) is 0 Å². The number of nitrogens with two attached hydrogens (primary N) is 1. The highest BCUT2D eigenvalue weighted by Gasteiger charge is 1.98. The first-order chi connectivity index (χ1) is 5.00. The maximum Gasteiger partial charge on any atom is 0.0273 e. The minimum atomic E-state index is 0.656. The Bertz CT molecular complexity index is 219. The van der Waals surface area contributed by atoms with E-state index in [4.69, 9.17) is 5.73 Å². The second-order valence-corrected chi connectivity index (χ2v) is 2.75. The van der Waals surface area contributed by atoms with Crippen molar-refractivity contribution in [2.45, 2.75) is 27.7 Å². The fourth-order valence-electron chi connectivity index (χ4n) is 0.753. The molecule has 0 rings (SSSR count). The van der Waals surface area contributed by atoms with Crippen LogP contribution in [0.1, 0.15) is 27.7 Å². The highest BCUT2D eigenvalue weighted by Crippen LogP contribution is 2.15. The summed E-state index contributed by atoms with van der Waals surface area (Å²) in [5.74, 6) is 0. The standard InChI is InChI=1S/C10H17N/c1-6-7(2)8(3)9(4)10(5)11/h6H,5,11H2,1-4H3/b7-6-,9-8-. The first kappa shape index (κ1) is 10.0. The molecule has 0 amide bonds. The largest absolute Gasteiger partial charge is 0.399 e. The second kappa shape index (κ2) is 4.02. The lowest BCUT2D eigenvalue weighted by atomic mass is 10.0. The zero-order chi connectivity index (χ0) is 9.02. The molecule has 0 spiro atoms. The molecular formula is C10H17N. The zero-order valence-corrected chi connectivity index (χ0v) is 7.86. The fraction of sp³-hybridized carbons (Fsp3) is 0.400. The molecule has 0 saturated heterocycles. The Kier molecular flexibility index (Phi) is 3.66. The lowest BCUT2D eigenvalue weighted by molar-refractivity contribution is 1.20. The van der Waals surface area contributed by atoms with Crippen molar-refractivity contribution in [2.24, 2.45) is 5.73 Å². The Labute approximate surface area is 69.3 Å². The van der Waals surface area contributed by atoms with Gasteiger partial charge in [-0.3, -0.25) is 0 Å². The molecule has 0 saturated carbocycles. The molecule has 0 aromatic rings. The Morgan fingerprint density at radius 1 is 1.18 bits per heavy atom. The Morgan fingerprint density at radius 3 is 1.91 bits per heavy atom. The summed E-state index contributed by atoms with van der Waals surface area (Å²) >= 11 is 0. The van der Waals surface area contributed by atoms with Gasteiger partial charge >= 0.3 is 0 Å². The van der Waals surface area contributed by atoms with Crippen molar-refractivity contribution < 1.29 is 0 Å². The van der Waals surface area contributed by atoms with Gasteiger partial charge in [-0.05, 0) is 38.8 Å². The monoisotopic (exact) mass is 151 g/mol. The van der Waals surface area contributed by atoms with Crippen LogP contribution in [0, 0.1) is 0 Å². The molecule has 0 radical (unpaired) electrons. The minimum Gasteiger partial charge on any atom is -0.399 e. The highest BCUT2D eigenvalue weighted by atomic mass is 14.6. The molecule has 1 heteroatoms. The molecule has 0 aromatic carbocycles. The summed E-state index contributed by atoms with van der Waals surface area (Å²) in [6, 6.07) is 0. The van der Waals surface area contributed by atoms with Crippen molar-refractivity contribution in [3.05, 3.63) is 35.1 Å². The Hall–Kier alpha value is -0.980. The van der Waals surface area contributed by atoms with E-state index in [1.807, 2.05) is 13.8 Å². The van der Waals surface area contributed by atoms with Crippen LogP contribution in [0.5, 0.6) is 0 Å². The molecule has 0 atom stereocenters. The third-order valence-corrected chi connectivity index (χ3v) is 2.07. The number of hydrogen-bond acceptors (Lipinski definition) is 1. The summed E-state index contributed by atoms with van der Waals surface area (Å²) in [5.41, 5.74) is 9.77. The first-order valence-corrected chi connectivity index (χ1v) is 3.76. The Balaban J connectivity index is 4.81. The van der Waals surface area contributed by atoms with Crippen LogP contribution in [0.2, 0.25) is 0 Å². The molecule has 1 nitrogen and oxygen atoms in total. The van der Waals surface area contributed by atoms with Gasteiger partial charge < -0.3 is 5.73 Å². The third kappa shape index (κ3) is 2.62. The highest BCUT2D eigenvalue weighted by molar-refractivity contribution is 5.38. The molecule has 0 fully saturated rings. The van der Waals surface area contributed by atoms with Crippen molar-refractivity contribution in [1.82, 2.24) is 0 Å². The van der Waals surface area contributed by atoms with E-state index in [2.05, 4.69) is 26.5 Å². The van der Waals surface area contributed by atoms with Gasteiger partial charge in [-0.2, -0.15) is 0 Å². The second-order valence-electron chi connectivity index (χ2n) is 2.75. The van der Waals surface area contributed by atoms with Gasteiger partial charge in [0.25, 0.3) is 0 Å². The molecule has 0 aromatic heterocycles. The van der Waals surface area contributed by atoms with Crippen LogP contribution in [0.3, 0.4) is 0 Å². The van der Waals surface area contributed by atoms with Crippen molar-refractivity contribution in [3.8, 4) is 0 Å². The van der Waals surface area contributed by atoms with E-state index in [9.17, 15) is 0 Å². The lowest BCUT2D eigenvalue weighted by Crippen LogP contribution is -1.99. The first-order valence-electron chi connectivity index (χ1n) is 3.76. The molecule has 0 heterocycles. The Morgan fingerprint density at radius 2 is 1.64 bits per heavy atom. The number of hydrogen-bond donors (Lipinski definition) is 1. The van der Waals surface area contributed by atoms with Gasteiger partial charge in [-0.15, -0.1) is 0 Å². The summed E-state index contributed by atoms with van der Waals surface area (Å²) in [6.07, 6.45) is 2.07. The SMILES string of the molecule is C=C(N)/C(C)=C(C)\C(C)=C/C. The van der Waals surface area contributed by atoms with Crippen LogP contribution < -0.4 is 5.73 Å². The average Bonchev–Trinajstić information content (AvgIpc) is 2.00. The van der Waals surface area contributed by atoms with Crippen LogP contribution in [0.15, 0.2) is 35.1 Å². The predicted octanol–water partition coefficient (Wildman–Crippen LogP) is 2.76. The molecule has 0 unspecified atom stereocenters. The third-order valence-electron chi connectivity index (χ3n) is 2.07. The zero-order valence-electron chi connectivity index (χ0n) is 7.86. The van der Waals surface area contributed by atoms with Crippen LogP contribution in [0.4, 0.5) is 0 Å². The molecule has 11 heavy (non-hydrogen) atoms. The van der Waals surface area contributed by atoms with Gasteiger partial charge in [0.15, 0.2) is 0 Å². The molecule has 0 aliphatic rings. The fourth-order valence-corrected chi connectivity index (χ4v) is 0.753. The quantitative estimate of drug-likeness (QED) is 0.603. The van der Waals surface area contributed by atoms with E-state index in [-0.39, 0.29) is 0 Å². The van der Waals surface area contributed by atoms with E-state index in [1.165, 1.54) is 11.1 Å². The summed E-state index contributed by atoms with van der Waals surface area (Å²) in [5, 5.41) is 0. The lowest BCUT2D eigenvalue weighted by Gasteiger charge is -2.06.